The number of methoxy groups -OCH3 is 1. The topological polar surface area (TPSA) is 104 Å². The Balaban J connectivity index is 1.56. The molecule has 0 radical (unpaired) electrons. The van der Waals surface area contributed by atoms with Gasteiger partial charge in [0.1, 0.15) is 5.75 Å². The van der Waals surface area contributed by atoms with Crippen molar-refractivity contribution in [3.05, 3.63) is 82.3 Å². The van der Waals surface area contributed by atoms with Gasteiger partial charge >= 0.3 is 0 Å². The van der Waals surface area contributed by atoms with Crippen LogP contribution in [0.5, 0.6) is 5.75 Å². The number of rotatable bonds is 6. The molecule has 4 rings (SSSR count). The lowest BCUT2D eigenvalue weighted by atomic mass is 10.1. The van der Waals surface area contributed by atoms with Crippen LogP contribution in [0, 0.1) is 13.8 Å². The number of carbonyl (C=O) groups is 1. The third kappa shape index (κ3) is 5.52. The molecule has 0 aliphatic rings. The van der Waals surface area contributed by atoms with E-state index in [0.717, 1.165) is 33.6 Å². The van der Waals surface area contributed by atoms with Crippen LogP contribution in [0.4, 0.5) is 5.95 Å². The molecular weight excluding hydrogens is 452 g/mol. The average Bonchev–Trinajstić information content (AvgIpc) is 3.20. The number of aryl methyl sites for hydroxylation is 2. The standard InChI is InChI=1S/C25H25ClN6O2/c1-15-12-16(2)30-25(29-15)32-24(31-23(33)19-6-4-5-7-21(19)26)27-11-10-17-14-28-22-9-8-18(34-3)13-20(17)22/h4-9,12-14,28H,10-11H2,1-3H3,(H2,27,29,30,31,32,33). The lowest BCUT2D eigenvalue weighted by molar-refractivity contribution is 0.0977. The number of amides is 1. The third-order valence-electron chi connectivity index (χ3n) is 5.19. The average molecular weight is 477 g/mol. The summed E-state index contributed by atoms with van der Waals surface area (Å²) in [5.74, 6) is 1.01. The van der Waals surface area contributed by atoms with Crippen molar-refractivity contribution in [2.75, 3.05) is 19.0 Å². The van der Waals surface area contributed by atoms with Gasteiger partial charge in [-0.25, -0.2) is 9.97 Å². The van der Waals surface area contributed by atoms with E-state index in [1.54, 1.807) is 31.4 Å². The van der Waals surface area contributed by atoms with Crippen LogP contribution >= 0.6 is 11.6 Å². The highest BCUT2D eigenvalue weighted by molar-refractivity contribution is 6.34. The molecule has 0 saturated carbocycles. The number of nitrogens with one attached hydrogen (secondary N) is 3. The zero-order valence-electron chi connectivity index (χ0n) is 19.1. The van der Waals surface area contributed by atoms with E-state index in [1.165, 1.54) is 0 Å². The quantitative estimate of drug-likeness (QED) is 0.277. The molecule has 0 aliphatic heterocycles. The normalized spacial score (nSPS) is 11.5. The van der Waals surface area contributed by atoms with Crippen LogP contribution in [0.3, 0.4) is 0 Å². The lowest BCUT2D eigenvalue weighted by Gasteiger charge is -2.12. The van der Waals surface area contributed by atoms with E-state index in [4.69, 9.17) is 16.3 Å². The Labute approximate surface area is 202 Å². The van der Waals surface area contributed by atoms with Gasteiger partial charge < -0.3 is 9.72 Å². The van der Waals surface area contributed by atoms with E-state index < -0.39 is 0 Å². The van der Waals surface area contributed by atoms with Crippen molar-refractivity contribution in [2.24, 2.45) is 4.99 Å². The summed E-state index contributed by atoms with van der Waals surface area (Å²) in [4.78, 5) is 29.5. The third-order valence-corrected chi connectivity index (χ3v) is 5.52. The fourth-order valence-corrected chi connectivity index (χ4v) is 3.82. The number of fused-ring (bicyclic) bond motifs is 1. The molecule has 4 aromatic rings. The van der Waals surface area contributed by atoms with Crippen LogP contribution < -0.4 is 15.4 Å². The zero-order valence-corrected chi connectivity index (χ0v) is 19.9. The van der Waals surface area contributed by atoms with Gasteiger partial charge in [-0.05, 0) is 62.2 Å². The van der Waals surface area contributed by atoms with Crippen LogP contribution in [0.15, 0.2) is 59.7 Å². The van der Waals surface area contributed by atoms with Crippen molar-refractivity contribution >= 4 is 40.3 Å². The van der Waals surface area contributed by atoms with Gasteiger partial charge in [0.25, 0.3) is 5.91 Å². The van der Waals surface area contributed by atoms with E-state index >= 15 is 0 Å². The molecule has 2 aromatic heterocycles. The Morgan fingerprint density at radius 1 is 1.12 bits per heavy atom. The number of carbonyl (C=O) groups excluding carboxylic acids is 1. The summed E-state index contributed by atoms with van der Waals surface area (Å²) in [5, 5.41) is 7.27. The lowest BCUT2D eigenvalue weighted by Crippen LogP contribution is -2.37. The summed E-state index contributed by atoms with van der Waals surface area (Å²) in [7, 11) is 1.65. The molecule has 3 N–H and O–H groups in total. The SMILES string of the molecule is COc1ccc2[nH]cc(CCN=C(NC(=O)c3ccccc3Cl)Nc3nc(C)cc(C)n3)c2c1. The fourth-order valence-electron chi connectivity index (χ4n) is 3.60. The van der Waals surface area contributed by atoms with Gasteiger partial charge in [0, 0.05) is 35.0 Å². The number of guanidine groups is 1. The van der Waals surface area contributed by atoms with Crippen LogP contribution in [0.2, 0.25) is 5.02 Å². The van der Waals surface area contributed by atoms with Crippen molar-refractivity contribution in [1.29, 1.82) is 0 Å². The Morgan fingerprint density at radius 2 is 1.88 bits per heavy atom. The fraction of sp³-hybridized carbons (Fsp3) is 0.200. The molecule has 0 atom stereocenters. The molecule has 174 valence electrons. The number of halogens is 1. The number of aromatic nitrogens is 3. The molecule has 0 bridgehead atoms. The summed E-state index contributed by atoms with van der Waals surface area (Å²) in [6.45, 7) is 4.18. The second-order valence-corrected chi connectivity index (χ2v) is 8.15. The van der Waals surface area contributed by atoms with Crippen LogP contribution in [0.1, 0.15) is 27.3 Å². The highest BCUT2D eigenvalue weighted by atomic mass is 35.5. The van der Waals surface area contributed by atoms with Crippen LogP contribution in [-0.4, -0.2) is 40.5 Å². The highest BCUT2D eigenvalue weighted by Gasteiger charge is 2.14. The van der Waals surface area contributed by atoms with Gasteiger partial charge in [-0.2, -0.15) is 0 Å². The van der Waals surface area contributed by atoms with Gasteiger partial charge in [0.2, 0.25) is 11.9 Å². The molecular formula is C25H25ClN6O2. The van der Waals surface area contributed by atoms with Crippen LogP contribution in [0.25, 0.3) is 10.9 Å². The molecule has 34 heavy (non-hydrogen) atoms. The molecule has 2 heterocycles. The number of nitrogens with zero attached hydrogens (tertiary/aromatic N) is 3. The maximum absolute atomic E-state index is 12.9. The highest BCUT2D eigenvalue weighted by Crippen LogP contribution is 2.24. The van der Waals surface area contributed by atoms with Gasteiger partial charge in [0.05, 0.1) is 17.7 Å². The van der Waals surface area contributed by atoms with E-state index in [2.05, 4.69) is 30.6 Å². The van der Waals surface area contributed by atoms with Crippen molar-refractivity contribution < 1.29 is 9.53 Å². The maximum Gasteiger partial charge on any atom is 0.259 e. The number of H-pyrrole nitrogens is 1. The maximum atomic E-state index is 12.9. The van der Waals surface area contributed by atoms with Gasteiger partial charge in [-0.3, -0.25) is 20.4 Å². The number of benzene rings is 2. The Kier molecular flexibility index (Phi) is 7.08. The number of hydrogen-bond acceptors (Lipinski definition) is 5. The summed E-state index contributed by atoms with van der Waals surface area (Å²) < 4.78 is 5.35. The van der Waals surface area contributed by atoms with E-state index in [1.807, 2.05) is 44.3 Å². The molecule has 0 aliphatic carbocycles. The first kappa shape index (κ1) is 23.3. The molecule has 1 amide bonds. The Hall–Kier alpha value is -3.91. The number of anilines is 1. The van der Waals surface area contributed by atoms with Crippen molar-refractivity contribution in [3.8, 4) is 5.75 Å². The van der Waals surface area contributed by atoms with E-state index in [0.29, 0.717) is 29.5 Å². The van der Waals surface area contributed by atoms with Gasteiger partial charge in [-0.15, -0.1) is 0 Å². The minimum atomic E-state index is -0.377. The molecule has 9 heteroatoms. The summed E-state index contributed by atoms with van der Waals surface area (Å²) in [6.07, 6.45) is 2.61. The molecule has 0 fully saturated rings. The number of aliphatic imine (C=N–C) groups is 1. The van der Waals surface area contributed by atoms with Crippen LogP contribution in [-0.2, 0) is 6.42 Å². The summed E-state index contributed by atoms with van der Waals surface area (Å²) in [5.41, 5.74) is 4.08. The monoisotopic (exact) mass is 476 g/mol. The Bertz CT molecular complexity index is 1340. The number of hydrogen-bond donors (Lipinski definition) is 3. The summed E-state index contributed by atoms with van der Waals surface area (Å²) >= 11 is 6.20. The second kappa shape index (κ2) is 10.4. The molecule has 2 aromatic carbocycles. The predicted molar refractivity (Wildman–Crippen MR) is 135 cm³/mol. The molecule has 8 nitrogen and oxygen atoms in total. The first-order chi connectivity index (χ1) is 16.4. The Morgan fingerprint density at radius 3 is 2.62 bits per heavy atom. The van der Waals surface area contributed by atoms with E-state index in [9.17, 15) is 4.79 Å². The van der Waals surface area contributed by atoms with Gasteiger partial charge in [0.15, 0.2) is 0 Å². The smallest absolute Gasteiger partial charge is 0.259 e. The minimum Gasteiger partial charge on any atom is -0.497 e. The molecule has 0 saturated heterocycles. The molecule has 0 spiro atoms. The van der Waals surface area contributed by atoms with E-state index in [-0.39, 0.29) is 11.9 Å². The van der Waals surface area contributed by atoms with Crippen molar-refractivity contribution in [3.63, 3.8) is 0 Å². The van der Waals surface area contributed by atoms with Crippen molar-refractivity contribution in [1.82, 2.24) is 20.3 Å². The van der Waals surface area contributed by atoms with Gasteiger partial charge in [-0.1, -0.05) is 23.7 Å². The number of aromatic amines is 1. The predicted octanol–water partition coefficient (Wildman–Crippen LogP) is 4.68. The first-order valence-corrected chi connectivity index (χ1v) is 11.1. The second-order valence-electron chi connectivity index (χ2n) is 7.74. The first-order valence-electron chi connectivity index (χ1n) is 10.8. The zero-order chi connectivity index (χ0) is 24.1. The number of ether oxygens (including phenoxy) is 1. The minimum absolute atomic E-state index is 0.243. The summed E-state index contributed by atoms with van der Waals surface area (Å²) in [6, 6.07) is 14.6. The van der Waals surface area contributed by atoms with Crippen molar-refractivity contribution in [2.45, 2.75) is 20.3 Å². The largest absolute Gasteiger partial charge is 0.497 e. The molecule has 0 unspecified atom stereocenters.